The van der Waals surface area contributed by atoms with Crippen LogP contribution in [0.15, 0.2) is 12.1 Å². The first-order valence-corrected chi connectivity index (χ1v) is 7.64. The van der Waals surface area contributed by atoms with E-state index in [9.17, 15) is 14.7 Å². The number of rotatable bonds is 4. The molecule has 0 bridgehead atoms. The first-order chi connectivity index (χ1) is 9.48. The molecule has 1 saturated carbocycles. The number of hydrogen-bond donors (Lipinski definition) is 2. The second-order valence-electron chi connectivity index (χ2n) is 5.72. The van der Waals surface area contributed by atoms with E-state index < -0.39 is 5.60 Å². The fraction of sp³-hybridized carbons (Fsp3) is 0.571. The molecule has 0 unspecified atom stereocenters. The summed E-state index contributed by atoms with van der Waals surface area (Å²) in [5.74, 6) is 0.0293. The van der Waals surface area contributed by atoms with Crippen molar-refractivity contribution in [3.8, 4) is 0 Å². The number of carbonyl (C=O) groups excluding carboxylic acids is 2. The van der Waals surface area contributed by atoms with E-state index in [1.807, 2.05) is 13.0 Å². The first kappa shape index (κ1) is 13.6. The molecule has 1 aliphatic heterocycles. The zero-order chi connectivity index (χ0) is 14.3. The van der Waals surface area contributed by atoms with Crippen LogP contribution in [0.2, 0.25) is 0 Å². The molecule has 2 fully saturated rings. The number of aryl methyl sites for hydroxylation is 1. The van der Waals surface area contributed by atoms with Crippen LogP contribution in [-0.4, -0.2) is 47.1 Å². The van der Waals surface area contributed by atoms with E-state index in [1.165, 1.54) is 11.3 Å². The zero-order valence-corrected chi connectivity index (χ0v) is 12.2. The van der Waals surface area contributed by atoms with Crippen molar-refractivity contribution in [3.05, 3.63) is 21.9 Å². The van der Waals surface area contributed by atoms with Crippen molar-refractivity contribution >= 4 is 23.2 Å². The molecule has 0 radical (unpaired) electrons. The highest BCUT2D eigenvalue weighted by molar-refractivity contribution is 7.13. The fourth-order valence-electron chi connectivity index (χ4n) is 2.58. The quantitative estimate of drug-likeness (QED) is 0.862. The Morgan fingerprint density at radius 1 is 1.45 bits per heavy atom. The van der Waals surface area contributed by atoms with Crippen LogP contribution in [0.25, 0.3) is 0 Å². The van der Waals surface area contributed by atoms with E-state index in [2.05, 4.69) is 5.32 Å². The molecule has 1 saturated heterocycles. The van der Waals surface area contributed by atoms with Gasteiger partial charge in [0.15, 0.2) is 0 Å². The highest BCUT2D eigenvalue weighted by Gasteiger charge is 2.53. The third-order valence-electron chi connectivity index (χ3n) is 3.98. The minimum Gasteiger partial charge on any atom is -0.386 e. The van der Waals surface area contributed by atoms with Gasteiger partial charge >= 0.3 is 0 Å². The van der Waals surface area contributed by atoms with Gasteiger partial charge in [-0.15, -0.1) is 11.3 Å². The Balaban J connectivity index is 1.45. The van der Waals surface area contributed by atoms with Crippen molar-refractivity contribution in [2.45, 2.75) is 25.4 Å². The van der Waals surface area contributed by atoms with E-state index in [0.717, 1.165) is 17.7 Å². The highest BCUT2D eigenvalue weighted by atomic mass is 32.1. The van der Waals surface area contributed by atoms with Gasteiger partial charge in [0.1, 0.15) is 5.60 Å². The Labute approximate surface area is 121 Å². The number of aliphatic hydroxyl groups is 1. The molecule has 0 aromatic carbocycles. The maximum atomic E-state index is 11.9. The van der Waals surface area contributed by atoms with Gasteiger partial charge in [-0.2, -0.15) is 0 Å². The summed E-state index contributed by atoms with van der Waals surface area (Å²) in [6, 6.07) is 3.64. The molecule has 2 N–H and O–H groups in total. The van der Waals surface area contributed by atoms with Gasteiger partial charge in [0.25, 0.3) is 5.91 Å². The molecule has 1 aromatic rings. The summed E-state index contributed by atoms with van der Waals surface area (Å²) in [4.78, 5) is 27.0. The maximum absolute atomic E-state index is 11.9. The SMILES string of the molecule is Cc1ccc(C(=O)NCC(=O)N2CC(O)(C3CC3)C2)s1. The number of carbonyl (C=O) groups is 2. The summed E-state index contributed by atoms with van der Waals surface area (Å²) in [6.45, 7) is 2.75. The van der Waals surface area contributed by atoms with E-state index >= 15 is 0 Å². The van der Waals surface area contributed by atoms with E-state index in [1.54, 1.807) is 11.0 Å². The number of thiophene rings is 1. The normalized spacial score (nSPS) is 20.4. The second kappa shape index (κ2) is 4.86. The van der Waals surface area contributed by atoms with Gasteiger partial charge < -0.3 is 15.3 Å². The van der Waals surface area contributed by atoms with Crippen molar-refractivity contribution in [1.82, 2.24) is 10.2 Å². The van der Waals surface area contributed by atoms with Gasteiger partial charge in [0.2, 0.25) is 5.91 Å². The number of likely N-dealkylation sites (tertiary alicyclic amines) is 1. The predicted octanol–water partition coefficient (Wildman–Crippen LogP) is 0.770. The molecule has 1 aromatic heterocycles. The summed E-state index contributed by atoms with van der Waals surface area (Å²) < 4.78 is 0. The van der Waals surface area contributed by atoms with Crippen LogP contribution in [0, 0.1) is 12.8 Å². The van der Waals surface area contributed by atoms with Crippen LogP contribution < -0.4 is 5.32 Å². The van der Waals surface area contributed by atoms with E-state index in [0.29, 0.717) is 23.9 Å². The lowest BCUT2D eigenvalue weighted by Gasteiger charge is -2.47. The van der Waals surface area contributed by atoms with Crippen molar-refractivity contribution in [2.24, 2.45) is 5.92 Å². The van der Waals surface area contributed by atoms with Gasteiger partial charge in [0.05, 0.1) is 24.5 Å². The van der Waals surface area contributed by atoms with Gasteiger partial charge in [-0.3, -0.25) is 9.59 Å². The lowest BCUT2D eigenvalue weighted by atomic mass is 9.89. The molecule has 2 amide bonds. The van der Waals surface area contributed by atoms with Gasteiger partial charge in [0, 0.05) is 4.88 Å². The summed E-state index contributed by atoms with van der Waals surface area (Å²) in [5.41, 5.74) is -0.662. The largest absolute Gasteiger partial charge is 0.386 e. The topological polar surface area (TPSA) is 69.6 Å². The molecule has 0 spiro atoms. The maximum Gasteiger partial charge on any atom is 0.261 e. The van der Waals surface area contributed by atoms with Gasteiger partial charge in [-0.05, 0) is 37.8 Å². The molecular formula is C14H18N2O3S. The molecule has 0 atom stereocenters. The van der Waals surface area contributed by atoms with E-state index in [4.69, 9.17) is 0 Å². The summed E-state index contributed by atoms with van der Waals surface area (Å²) in [6.07, 6.45) is 2.12. The lowest BCUT2D eigenvalue weighted by molar-refractivity contribution is -0.158. The summed E-state index contributed by atoms with van der Waals surface area (Å²) >= 11 is 1.41. The Kier molecular flexibility index (Phi) is 3.30. The minimum absolute atomic E-state index is 0.00344. The number of hydrogen-bond acceptors (Lipinski definition) is 4. The zero-order valence-electron chi connectivity index (χ0n) is 11.4. The summed E-state index contributed by atoms with van der Waals surface area (Å²) in [5, 5.41) is 12.8. The number of β-amino-alcohol motifs (C(OH)–C–C–N with tert-alkyl or cyclic N) is 1. The van der Waals surface area contributed by atoms with Crippen LogP contribution in [0.1, 0.15) is 27.4 Å². The second-order valence-corrected chi connectivity index (χ2v) is 7.01. The van der Waals surface area contributed by atoms with Crippen LogP contribution in [0.3, 0.4) is 0 Å². The standard InChI is InChI=1S/C14H18N2O3S/c1-9-2-5-11(20-9)13(18)15-6-12(17)16-7-14(19,8-16)10-3-4-10/h2,5,10,19H,3-4,6-8H2,1H3,(H,15,18). The smallest absolute Gasteiger partial charge is 0.261 e. The summed E-state index contributed by atoms with van der Waals surface area (Å²) in [7, 11) is 0. The van der Waals surface area contributed by atoms with Crippen molar-refractivity contribution in [1.29, 1.82) is 0 Å². The van der Waals surface area contributed by atoms with Crippen LogP contribution in [0.5, 0.6) is 0 Å². The average Bonchev–Trinajstić information content (AvgIpc) is 3.14. The lowest BCUT2D eigenvalue weighted by Crippen LogP contribution is -2.65. The molecule has 3 rings (SSSR count). The van der Waals surface area contributed by atoms with Crippen LogP contribution in [0.4, 0.5) is 0 Å². The van der Waals surface area contributed by atoms with Crippen molar-refractivity contribution < 1.29 is 14.7 Å². The predicted molar refractivity (Wildman–Crippen MR) is 75.6 cm³/mol. The van der Waals surface area contributed by atoms with E-state index in [-0.39, 0.29) is 18.4 Å². The fourth-order valence-corrected chi connectivity index (χ4v) is 3.37. The van der Waals surface area contributed by atoms with Crippen molar-refractivity contribution in [2.75, 3.05) is 19.6 Å². The van der Waals surface area contributed by atoms with Crippen LogP contribution >= 0.6 is 11.3 Å². The monoisotopic (exact) mass is 294 g/mol. The third-order valence-corrected chi connectivity index (χ3v) is 4.98. The molecule has 1 aliphatic carbocycles. The number of nitrogens with zero attached hydrogens (tertiary/aromatic N) is 1. The average molecular weight is 294 g/mol. The van der Waals surface area contributed by atoms with Crippen LogP contribution in [-0.2, 0) is 4.79 Å². The molecule has 2 aliphatic rings. The molecule has 2 heterocycles. The number of nitrogens with one attached hydrogen (secondary N) is 1. The molecule has 108 valence electrons. The Bertz CT molecular complexity index is 544. The highest BCUT2D eigenvalue weighted by Crippen LogP contribution is 2.44. The molecule has 20 heavy (non-hydrogen) atoms. The van der Waals surface area contributed by atoms with Gasteiger partial charge in [-0.25, -0.2) is 0 Å². The Morgan fingerprint density at radius 2 is 2.15 bits per heavy atom. The Hall–Kier alpha value is -1.40. The molecule has 6 heteroatoms. The molecular weight excluding hydrogens is 276 g/mol. The minimum atomic E-state index is -0.662. The first-order valence-electron chi connectivity index (χ1n) is 6.83. The van der Waals surface area contributed by atoms with Gasteiger partial charge in [-0.1, -0.05) is 0 Å². The molecule has 5 nitrogen and oxygen atoms in total. The number of amides is 2. The third kappa shape index (κ3) is 2.58. The Morgan fingerprint density at radius 3 is 2.70 bits per heavy atom. The van der Waals surface area contributed by atoms with Crippen molar-refractivity contribution in [3.63, 3.8) is 0 Å².